The summed E-state index contributed by atoms with van der Waals surface area (Å²) in [5.41, 5.74) is -0.270. The number of fused-ring (bicyclic) bond motifs is 2. The van der Waals surface area contributed by atoms with Gasteiger partial charge in [-0.15, -0.1) is 0 Å². The van der Waals surface area contributed by atoms with Crippen LogP contribution in [0.5, 0.6) is 0 Å². The minimum absolute atomic E-state index is 0.0224. The van der Waals surface area contributed by atoms with Crippen molar-refractivity contribution in [1.29, 1.82) is 0 Å². The van der Waals surface area contributed by atoms with E-state index < -0.39 is 0 Å². The van der Waals surface area contributed by atoms with E-state index >= 15 is 0 Å². The Bertz CT molecular complexity index is 495. The van der Waals surface area contributed by atoms with Gasteiger partial charge in [0.2, 0.25) is 5.91 Å². The molecule has 6 nitrogen and oxygen atoms in total. The molecular formula is C13H18N4O2. The normalized spacial score (nSPS) is 29.2. The number of anilines is 1. The first-order valence-corrected chi connectivity index (χ1v) is 6.80. The second-order valence-electron chi connectivity index (χ2n) is 5.53. The van der Waals surface area contributed by atoms with Gasteiger partial charge in [0.15, 0.2) is 5.82 Å². The summed E-state index contributed by atoms with van der Waals surface area (Å²) in [6, 6.07) is 4.07. The molecule has 2 atom stereocenters. The van der Waals surface area contributed by atoms with E-state index in [2.05, 4.69) is 20.8 Å². The van der Waals surface area contributed by atoms with Crippen molar-refractivity contribution in [2.24, 2.45) is 5.92 Å². The molecule has 0 saturated carbocycles. The van der Waals surface area contributed by atoms with Gasteiger partial charge in [0.25, 0.3) is 5.56 Å². The van der Waals surface area contributed by atoms with Crippen LogP contribution in [0, 0.1) is 5.92 Å². The van der Waals surface area contributed by atoms with Crippen LogP contribution in [0.25, 0.3) is 0 Å². The number of piperidine rings is 1. The Morgan fingerprint density at radius 2 is 2.05 bits per heavy atom. The van der Waals surface area contributed by atoms with Crippen molar-refractivity contribution in [2.75, 3.05) is 5.32 Å². The minimum atomic E-state index is -0.270. The molecule has 1 aromatic heterocycles. The summed E-state index contributed by atoms with van der Waals surface area (Å²) in [4.78, 5) is 22.8. The standard InChI is InChI=1S/C13H18N4O2/c18-12-4-3-11(16-17-12)15-13(19)7-8-5-9-1-2-10(6-8)14-9/h3-4,8-10,14H,1-2,5-7H2,(H,17,18)(H,15,16,19). The first kappa shape index (κ1) is 12.3. The predicted molar refractivity (Wildman–Crippen MR) is 70.8 cm³/mol. The van der Waals surface area contributed by atoms with Crippen LogP contribution in [0.4, 0.5) is 5.82 Å². The van der Waals surface area contributed by atoms with E-state index in [1.54, 1.807) is 0 Å². The third-order valence-electron chi connectivity index (χ3n) is 3.99. The number of nitrogens with one attached hydrogen (secondary N) is 3. The van der Waals surface area contributed by atoms with Gasteiger partial charge in [-0.05, 0) is 37.7 Å². The van der Waals surface area contributed by atoms with Crippen molar-refractivity contribution in [3.05, 3.63) is 22.5 Å². The van der Waals surface area contributed by atoms with Crippen molar-refractivity contribution >= 4 is 11.7 Å². The van der Waals surface area contributed by atoms with Gasteiger partial charge < -0.3 is 10.6 Å². The number of nitrogens with zero attached hydrogens (tertiary/aromatic N) is 1. The van der Waals surface area contributed by atoms with E-state index in [4.69, 9.17) is 0 Å². The van der Waals surface area contributed by atoms with Crippen LogP contribution in [0.1, 0.15) is 32.1 Å². The summed E-state index contributed by atoms with van der Waals surface area (Å²) >= 11 is 0. The molecule has 1 amide bonds. The fourth-order valence-electron chi connectivity index (χ4n) is 3.21. The number of hydrogen-bond donors (Lipinski definition) is 3. The number of amides is 1. The lowest BCUT2D eigenvalue weighted by molar-refractivity contribution is -0.117. The van der Waals surface area contributed by atoms with Crippen LogP contribution in [0.2, 0.25) is 0 Å². The Kier molecular flexibility index (Phi) is 3.33. The van der Waals surface area contributed by atoms with Gasteiger partial charge in [0.1, 0.15) is 0 Å². The molecule has 0 spiro atoms. The molecule has 102 valence electrons. The molecule has 3 N–H and O–H groups in total. The smallest absolute Gasteiger partial charge is 0.264 e. The zero-order chi connectivity index (χ0) is 13.2. The summed E-state index contributed by atoms with van der Waals surface area (Å²) in [5, 5.41) is 12.4. The number of aromatic amines is 1. The maximum Gasteiger partial charge on any atom is 0.264 e. The molecule has 0 radical (unpaired) electrons. The molecule has 2 aliphatic heterocycles. The number of H-pyrrole nitrogens is 1. The van der Waals surface area contributed by atoms with E-state index in [0.717, 1.165) is 12.8 Å². The number of aromatic nitrogens is 2. The Morgan fingerprint density at radius 3 is 2.68 bits per heavy atom. The predicted octanol–water partition coefficient (Wildman–Crippen LogP) is 0.629. The van der Waals surface area contributed by atoms with Gasteiger partial charge in [0, 0.05) is 24.6 Å². The Morgan fingerprint density at radius 1 is 1.32 bits per heavy atom. The highest BCUT2D eigenvalue weighted by atomic mass is 16.1. The fraction of sp³-hybridized carbons (Fsp3) is 0.615. The van der Waals surface area contributed by atoms with Crippen LogP contribution in [-0.4, -0.2) is 28.2 Å². The molecule has 2 saturated heterocycles. The van der Waals surface area contributed by atoms with Gasteiger partial charge in [0.05, 0.1) is 0 Å². The van der Waals surface area contributed by atoms with E-state index in [1.807, 2.05) is 0 Å². The van der Waals surface area contributed by atoms with Crippen LogP contribution >= 0.6 is 0 Å². The zero-order valence-electron chi connectivity index (χ0n) is 10.7. The highest BCUT2D eigenvalue weighted by Gasteiger charge is 2.34. The van der Waals surface area contributed by atoms with Crippen molar-refractivity contribution in [3.63, 3.8) is 0 Å². The number of carbonyl (C=O) groups is 1. The topological polar surface area (TPSA) is 86.9 Å². The van der Waals surface area contributed by atoms with Crippen molar-refractivity contribution in [2.45, 2.75) is 44.2 Å². The molecule has 1 aromatic rings. The maximum absolute atomic E-state index is 11.9. The number of carbonyl (C=O) groups excluding carboxylic acids is 1. The van der Waals surface area contributed by atoms with Crippen LogP contribution in [-0.2, 0) is 4.79 Å². The number of hydrogen-bond acceptors (Lipinski definition) is 4. The second-order valence-corrected chi connectivity index (χ2v) is 5.53. The van der Waals surface area contributed by atoms with E-state index in [9.17, 15) is 9.59 Å². The molecule has 2 fully saturated rings. The fourth-order valence-corrected chi connectivity index (χ4v) is 3.21. The molecule has 0 aliphatic carbocycles. The minimum Gasteiger partial charge on any atom is -0.311 e. The second kappa shape index (κ2) is 5.13. The summed E-state index contributed by atoms with van der Waals surface area (Å²) in [6.45, 7) is 0. The molecular weight excluding hydrogens is 244 g/mol. The van der Waals surface area contributed by atoms with E-state index in [1.165, 1.54) is 25.0 Å². The summed E-state index contributed by atoms with van der Waals surface area (Å²) in [7, 11) is 0. The Balaban J connectivity index is 1.54. The zero-order valence-corrected chi connectivity index (χ0v) is 10.7. The first-order chi connectivity index (χ1) is 9.19. The van der Waals surface area contributed by atoms with Gasteiger partial charge in [-0.1, -0.05) is 0 Å². The van der Waals surface area contributed by atoms with Gasteiger partial charge in [-0.25, -0.2) is 5.10 Å². The van der Waals surface area contributed by atoms with Crippen LogP contribution in [0.3, 0.4) is 0 Å². The maximum atomic E-state index is 11.9. The van der Waals surface area contributed by atoms with Gasteiger partial charge in [-0.3, -0.25) is 9.59 Å². The van der Waals surface area contributed by atoms with E-state index in [0.29, 0.717) is 30.2 Å². The molecule has 19 heavy (non-hydrogen) atoms. The summed E-state index contributed by atoms with van der Waals surface area (Å²) in [6.07, 6.45) is 5.19. The SMILES string of the molecule is O=C(CC1CC2CCC(C1)N2)Nc1ccc(=O)[nH]n1. The lowest BCUT2D eigenvalue weighted by atomic mass is 9.89. The third-order valence-corrected chi connectivity index (χ3v) is 3.99. The molecule has 0 aromatic carbocycles. The summed E-state index contributed by atoms with van der Waals surface area (Å²) < 4.78 is 0. The lowest BCUT2D eigenvalue weighted by Crippen LogP contribution is -2.39. The average Bonchev–Trinajstić information content (AvgIpc) is 2.72. The van der Waals surface area contributed by atoms with Crippen LogP contribution < -0.4 is 16.2 Å². The van der Waals surface area contributed by atoms with Crippen molar-refractivity contribution in [1.82, 2.24) is 15.5 Å². The van der Waals surface area contributed by atoms with E-state index in [-0.39, 0.29) is 11.5 Å². The van der Waals surface area contributed by atoms with Gasteiger partial charge in [-0.2, -0.15) is 5.10 Å². The molecule has 3 rings (SSSR count). The lowest BCUT2D eigenvalue weighted by Gasteiger charge is -2.28. The molecule has 2 aliphatic rings. The quantitative estimate of drug-likeness (QED) is 0.745. The highest BCUT2D eigenvalue weighted by molar-refractivity contribution is 5.89. The highest BCUT2D eigenvalue weighted by Crippen LogP contribution is 2.32. The Labute approximate surface area is 111 Å². The largest absolute Gasteiger partial charge is 0.311 e. The molecule has 6 heteroatoms. The average molecular weight is 262 g/mol. The molecule has 3 heterocycles. The van der Waals surface area contributed by atoms with Crippen LogP contribution in [0.15, 0.2) is 16.9 Å². The summed E-state index contributed by atoms with van der Waals surface area (Å²) in [5.74, 6) is 0.842. The molecule has 2 unspecified atom stereocenters. The van der Waals surface area contributed by atoms with Crippen molar-refractivity contribution in [3.8, 4) is 0 Å². The third kappa shape index (κ3) is 3.01. The monoisotopic (exact) mass is 262 g/mol. The first-order valence-electron chi connectivity index (χ1n) is 6.80. The van der Waals surface area contributed by atoms with Gasteiger partial charge >= 0.3 is 0 Å². The molecule has 2 bridgehead atoms. The number of rotatable bonds is 3. The Hall–Kier alpha value is -1.69. The van der Waals surface area contributed by atoms with Crippen molar-refractivity contribution < 1.29 is 4.79 Å².